The molecule has 0 atom stereocenters. The second-order valence-corrected chi connectivity index (χ2v) is 6.22. The Balaban J connectivity index is 1.91. The minimum atomic E-state index is -0.642. The first-order valence-corrected chi connectivity index (χ1v) is 8.19. The number of amides is 2. The van der Waals surface area contributed by atoms with Gasteiger partial charge in [-0.15, -0.1) is 0 Å². The van der Waals surface area contributed by atoms with Gasteiger partial charge in [0.15, 0.2) is 0 Å². The fourth-order valence-corrected chi connectivity index (χ4v) is 3.38. The van der Waals surface area contributed by atoms with Crippen LogP contribution in [0.2, 0.25) is 5.02 Å². The molecule has 128 valence electrons. The first kappa shape index (κ1) is 16.3. The standard InChI is InChI=1S/C20H12ClNO4/c1-26-20(25)15-10-12(8-9-16(15)21)22-18(23)13-6-2-4-11-5-3-7-14(17(11)13)19(22)24/h2-10H,1H3. The van der Waals surface area contributed by atoms with Gasteiger partial charge in [-0.05, 0) is 35.7 Å². The average molecular weight is 366 g/mol. The molecule has 3 aromatic rings. The molecule has 4 rings (SSSR count). The average Bonchev–Trinajstić information content (AvgIpc) is 2.66. The van der Waals surface area contributed by atoms with Crippen LogP contribution in [0.3, 0.4) is 0 Å². The summed E-state index contributed by atoms with van der Waals surface area (Å²) >= 11 is 6.04. The molecule has 0 N–H and O–H groups in total. The van der Waals surface area contributed by atoms with E-state index in [0.717, 1.165) is 10.3 Å². The van der Waals surface area contributed by atoms with Crippen molar-refractivity contribution in [1.29, 1.82) is 0 Å². The Bertz CT molecular complexity index is 1060. The Morgan fingerprint density at radius 3 is 2.15 bits per heavy atom. The molecule has 0 spiro atoms. The van der Waals surface area contributed by atoms with Crippen molar-refractivity contribution < 1.29 is 19.1 Å². The number of methoxy groups -OCH3 is 1. The molecular formula is C20H12ClNO4. The largest absolute Gasteiger partial charge is 0.465 e. The molecule has 0 fully saturated rings. The van der Waals surface area contributed by atoms with Gasteiger partial charge in [-0.2, -0.15) is 0 Å². The van der Waals surface area contributed by atoms with E-state index in [0.29, 0.717) is 16.5 Å². The van der Waals surface area contributed by atoms with Crippen LogP contribution < -0.4 is 4.90 Å². The molecular weight excluding hydrogens is 354 g/mol. The zero-order valence-corrected chi connectivity index (χ0v) is 14.4. The van der Waals surface area contributed by atoms with Crippen molar-refractivity contribution in [2.24, 2.45) is 0 Å². The quantitative estimate of drug-likeness (QED) is 0.507. The number of benzene rings is 3. The predicted octanol–water partition coefficient (Wildman–Crippen LogP) is 4.08. The highest BCUT2D eigenvalue weighted by molar-refractivity contribution is 6.36. The zero-order chi connectivity index (χ0) is 18.4. The second-order valence-electron chi connectivity index (χ2n) is 5.81. The van der Waals surface area contributed by atoms with Crippen molar-refractivity contribution in [3.05, 3.63) is 76.3 Å². The van der Waals surface area contributed by atoms with Crippen molar-refractivity contribution in [3.8, 4) is 0 Å². The summed E-state index contributed by atoms with van der Waals surface area (Å²) in [5.74, 6) is -1.54. The number of ether oxygens (including phenoxy) is 1. The Morgan fingerprint density at radius 1 is 0.962 bits per heavy atom. The van der Waals surface area contributed by atoms with Crippen molar-refractivity contribution in [1.82, 2.24) is 0 Å². The number of hydrogen-bond donors (Lipinski definition) is 0. The van der Waals surface area contributed by atoms with Crippen LogP contribution in [0.15, 0.2) is 54.6 Å². The number of hydrogen-bond acceptors (Lipinski definition) is 4. The molecule has 0 saturated carbocycles. The van der Waals surface area contributed by atoms with Gasteiger partial charge in [-0.25, -0.2) is 9.69 Å². The molecule has 0 radical (unpaired) electrons. The predicted molar refractivity (Wildman–Crippen MR) is 97.9 cm³/mol. The summed E-state index contributed by atoms with van der Waals surface area (Å²) in [6.07, 6.45) is 0. The number of rotatable bonds is 2. The number of carbonyl (C=O) groups excluding carboxylic acids is 3. The SMILES string of the molecule is COC(=O)c1cc(N2C(=O)c3cccc4cccc(c34)C2=O)ccc1Cl. The second kappa shape index (κ2) is 5.97. The first-order valence-electron chi connectivity index (χ1n) is 7.81. The summed E-state index contributed by atoms with van der Waals surface area (Å²) in [4.78, 5) is 39.0. The Kier molecular flexibility index (Phi) is 3.74. The summed E-state index contributed by atoms with van der Waals surface area (Å²) in [7, 11) is 1.24. The van der Waals surface area contributed by atoms with E-state index in [9.17, 15) is 14.4 Å². The molecule has 0 unspecified atom stereocenters. The van der Waals surface area contributed by atoms with Gasteiger partial charge in [-0.3, -0.25) is 9.59 Å². The first-order chi connectivity index (χ1) is 12.5. The summed E-state index contributed by atoms with van der Waals surface area (Å²) < 4.78 is 4.70. The molecule has 0 saturated heterocycles. The van der Waals surface area contributed by atoms with Crippen LogP contribution >= 0.6 is 11.6 Å². The highest BCUT2D eigenvalue weighted by atomic mass is 35.5. The van der Waals surface area contributed by atoms with E-state index in [4.69, 9.17) is 16.3 Å². The van der Waals surface area contributed by atoms with Crippen LogP contribution in [0, 0.1) is 0 Å². The number of halogens is 1. The van der Waals surface area contributed by atoms with Gasteiger partial charge < -0.3 is 4.74 Å². The third kappa shape index (κ3) is 2.29. The third-order valence-electron chi connectivity index (χ3n) is 4.39. The third-order valence-corrected chi connectivity index (χ3v) is 4.71. The molecule has 1 heterocycles. The lowest BCUT2D eigenvalue weighted by atomic mass is 9.93. The molecule has 6 heteroatoms. The van der Waals surface area contributed by atoms with Crippen molar-refractivity contribution in [2.75, 3.05) is 12.0 Å². The number of nitrogens with zero attached hydrogens (tertiary/aromatic N) is 1. The molecule has 2 amide bonds. The molecule has 3 aromatic carbocycles. The zero-order valence-electron chi connectivity index (χ0n) is 13.7. The maximum absolute atomic E-state index is 13.0. The number of imide groups is 1. The fourth-order valence-electron chi connectivity index (χ4n) is 3.18. The lowest BCUT2D eigenvalue weighted by molar-refractivity contribution is 0.0600. The van der Waals surface area contributed by atoms with Gasteiger partial charge in [0.25, 0.3) is 11.8 Å². The molecule has 1 aliphatic rings. The van der Waals surface area contributed by atoms with E-state index in [1.165, 1.54) is 25.3 Å². The summed E-state index contributed by atoms with van der Waals surface area (Å²) in [5, 5.41) is 1.65. The van der Waals surface area contributed by atoms with Crippen molar-refractivity contribution >= 4 is 45.8 Å². The van der Waals surface area contributed by atoms with E-state index < -0.39 is 17.8 Å². The van der Waals surface area contributed by atoms with Gasteiger partial charge in [-0.1, -0.05) is 35.9 Å². The minimum Gasteiger partial charge on any atom is -0.465 e. The summed E-state index contributed by atoms with van der Waals surface area (Å²) in [5.41, 5.74) is 1.22. The van der Waals surface area contributed by atoms with Crippen molar-refractivity contribution in [2.45, 2.75) is 0 Å². The fraction of sp³-hybridized carbons (Fsp3) is 0.0500. The van der Waals surface area contributed by atoms with Gasteiger partial charge in [0, 0.05) is 16.5 Å². The van der Waals surface area contributed by atoms with Gasteiger partial charge in [0.2, 0.25) is 0 Å². The topological polar surface area (TPSA) is 63.7 Å². The highest BCUT2D eigenvalue weighted by Crippen LogP contribution is 2.34. The maximum atomic E-state index is 13.0. The van der Waals surface area contributed by atoms with Crippen LogP contribution in [0.1, 0.15) is 31.1 Å². The Morgan fingerprint density at radius 2 is 1.58 bits per heavy atom. The number of esters is 1. The van der Waals surface area contributed by atoms with Crippen LogP contribution in [0.5, 0.6) is 0 Å². The highest BCUT2D eigenvalue weighted by Gasteiger charge is 2.34. The Labute approximate surface area is 153 Å². The number of carbonyl (C=O) groups is 3. The smallest absolute Gasteiger partial charge is 0.339 e. The lowest BCUT2D eigenvalue weighted by Gasteiger charge is -2.27. The van der Waals surface area contributed by atoms with E-state index >= 15 is 0 Å². The van der Waals surface area contributed by atoms with Gasteiger partial charge >= 0.3 is 5.97 Å². The molecule has 1 aliphatic heterocycles. The number of anilines is 1. The minimum absolute atomic E-state index is 0.0873. The van der Waals surface area contributed by atoms with Crippen LogP contribution in [0.4, 0.5) is 5.69 Å². The van der Waals surface area contributed by atoms with Crippen molar-refractivity contribution in [3.63, 3.8) is 0 Å². The van der Waals surface area contributed by atoms with Crippen LogP contribution in [-0.4, -0.2) is 24.9 Å². The van der Waals surface area contributed by atoms with Crippen LogP contribution in [-0.2, 0) is 4.74 Å². The molecule has 0 aliphatic carbocycles. The Hall–Kier alpha value is -3.18. The molecule has 0 bridgehead atoms. The molecule has 5 nitrogen and oxygen atoms in total. The van der Waals surface area contributed by atoms with E-state index in [2.05, 4.69) is 0 Å². The maximum Gasteiger partial charge on any atom is 0.339 e. The van der Waals surface area contributed by atoms with Gasteiger partial charge in [0.1, 0.15) is 0 Å². The molecule has 26 heavy (non-hydrogen) atoms. The van der Waals surface area contributed by atoms with E-state index in [1.54, 1.807) is 24.3 Å². The van der Waals surface area contributed by atoms with Crippen LogP contribution in [0.25, 0.3) is 10.8 Å². The molecule has 0 aromatic heterocycles. The monoisotopic (exact) mass is 365 g/mol. The summed E-state index contributed by atoms with van der Waals surface area (Å²) in [6, 6.07) is 15.0. The lowest BCUT2D eigenvalue weighted by Crippen LogP contribution is -2.40. The summed E-state index contributed by atoms with van der Waals surface area (Å²) in [6.45, 7) is 0. The van der Waals surface area contributed by atoms with Gasteiger partial charge in [0.05, 0.1) is 23.4 Å². The normalized spacial score (nSPS) is 13.2. The van der Waals surface area contributed by atoms with E-state index in [-0.39, 0.29) is 16.3 Å². The van der Waals surface area contributed by atoms with E-state index in [1.807, 2.05) is 12.1 Å².